The van der Waals surface area contributed by atoms with Gasteiger partial charge < -0.3 is 4.74 Å². The van der Waals surface area contributed by atoms with Crippen LogP contribution in [0.15, 0.2) is 22.8 Å². The van der Waals surface area contributed by atoms with Gasteiger partial charge >= 0.3 is 0 Å². The highest BCUT2D eigenvalue weighted by atomic mass is 16.6. The molecule has 0 aromatic rings. The summed E-state index contributed by atoms with van der Waals surface area (Å²) >= 11 is 0. The molecule has 2 fully saturated rings. The first-order valence-corrected chi connectivity index (χ1v) is 8.79. The van der Waals surface area contributed by atoms with Crippen molar-refractivity contribution in [1.29, 1.82) is 0 Å². The van der Waals surface area contributed by atoms with Gasteiger partial charge in [-0.1, -0.05) is 24.1 Å². The molecule has 0 amide bonds. The maximum Gasteiger partial charge on any atom is 0.159 e. The molecule has 3 aliphatic rings. The van der Waals surface area contributed by atoms with Crippen molar-refractivity contribution >= 4 is 5.78 Å². The molecule has 0 aromatic heterocycles. The number of Topliss-reactive ketones (excluding diaryl/α,β-unsaturated/α-hetero) is 1. The van der Waals surface area contributed by atoms with E-state index in [4.69, 9.17) is 4.74 Å². The van der Waals surface area contributed by atoms with E-state index < -0.39 is 0 Å². The highest BCUT2D eigenvalue weighted by molar-refractivity contribution is 5.99. The molecule has 2 nitrogen and oxygen atoms in total. The molecule has 1 heterocycles. The second-order valence-corrected chi connectivity index (χ2v) is 8.47. The van der Waals surface area contributed by atoms with Crippen LogP contribution >= 0.6 is 0 Å². The Morgan fingerprint density at radius 1 is 1.32 bits per heavy atom. The van der Waals surface area contributed by atoms with Crippen LogP contribution in [0.5, 0.6) is 0 Å². The zero-order chi connectivity index (χ0) is 16.1. The van der Waals surface area contributed by atoms with Gasteiger partial charge in [0, 0.05) is 6.42 Å². The average Bonchev–Trinajstić information content (AvgIpc) is 2.92. The van der Waals surface area contributed by atoms with Crippen LogP contribution in [0.1, 0.15) is 73.1 Å². The summed E-state index contributed by atoms with van der Waals surface area (Å²) in [7, 11) is 0. The number of hydrogen-bond acceptors (Lipinski definition) is 2. The van der Waals surface area contributed by atoms with E-state index in [1.54, 1.807) is 0 Å². The van der Waals surface area contributed by atoms with Gasteiger partial charge in [0.15, 0.2) is 5.78 Å². The predicted molar refractivity (Wildman–Crippen MR) is 89.7 cm³/mol. The maximum absolute atomic E-state index is 12.6. The van der Waals surface area contributed by atoms with Crippen LogP contribution in [0, 0.1) is 11.3 Å². The summed E-state index contributed by atoms with van der Waals surface area (Å²) in [6.07, 6.45) is 8.92. The fraction of sp³-hybridized carbons (Fsp3) is 0.750. The summed E-state index contributed by atoms with van der Waals surface area (Å²) in [5.41, 5.74) is 3.94. The Hall–Kier alpha value is -0.890. The summed E-state index contributed by atoms with van der Waals surface area (Å²) < 4.78 is 6.06. The molecule has 4 atom stereocenters. The van der Waals surface area contributed by atoms with Crippen LogP contribution in [0.3, 0.4) is 0 Å². The Labute approximate surface area is 135 Å². The van der Waals surface area contributed by atoms with Gasteiger partial charge in [-0.25, -0.2) is 0 Å². The molecule has 0 radical (unpaired) electrons. The third-order valence-electron chi connectivity index (χ3n) is 6.24. The van der Waals surface area contributed by atoms with Gasteiger partial charge in [-0.05, 0) is 76.7 Å². The smallest absolute Gasteiger partial charge is 0.159 e. The van der Waals surface area contributed by atoms with E-state index in [9.17, 15) is 4.79 Å². The summed E-state index contributed by atoms with van der Waals surface area (Å²) in [6.45, 7) is 11.0. The average molecular weight is 302 g/mol. The largest absolute Gasteiger partial charge is 0.366 e. The first kappa shape index (κ1) is 16.0. The molecule has 3 rings (SSSR count). The maximum atomic E-state index is 12.6. The van der Waals surface area contributed by atoms with Crippen LogP contribution in [0.2, 0.25) is 0 Å². The third-order valence-corrected chi connectivity index (χ3v) is 6.24. The molecule has 122 valence electrons. The van der Waals surface area contributed by atoms with Gasteiger partial charge in [-0.15, -0.1) is 0 Å². The summed E-state index contributed by atoms with van der Waals surface area (Å²) in [5, 5.41) is 0. The monoisotopic (exact) mass is 302 g/mol. The minimum Gasteiger partial charge on any atom is -0.366 e. The van der Waals surface area contributed by atoms with Crippen LogP contribution in [0.4, 0.5) is 0 Å². The molecule has 1 saturated carbocycles. The Kier molecular flexibility index (Phi) is 3.87. The fourth-order valence-electron chi connectivity index (χ4n) is 4.73. The van der Waals surface area contributed by atoms with Crippen molar-refractivity contribution in [3.05, 3.63) is 22.8 Å². The lowest BCUT2D eigenvalue weighted by Crippen LogP contribution is -2.26. The van der Waals surface area contributed by atoms with E-state index in [-0.39, 0.29) is 11.0 Å². The Morgan fingerprint density at radius 3 is 2.73 bits per heavy atom. The van der Waals surface area contributed by atoms with E-state index in [0.717, 1.165) is 37.7 Å². The van der Waals surface area contributed by atoms with Gasteiger partial charge in [0.05, 0.1) is 11.7 Å². The Morgan fingerprint density at radius 2 is 2.05 bits per heavy atom. The van der Waals surface area contributed by atoms with Crippen molar-refractivity contribution in [2.24, 2.45) is 11.3 Å². The van der Waals surface area contributed by atoms with Crippen LogP contribution < -0.4 is 0 Å². The van der Waals surface area contributed by atoms with Crippen molar-refractivity contribution in [2.75, 3.05) is 0 Å². The number of ketones is 1. The fourth-order valence-corrected chi connectivity index (χ4v) is 4.73. The highest BCUT2D eigenvalue weighted by Crippen LogP contribution is 2.56. The standard InChI is InChI=1S/C20H30O2/c1-13(2)18-15-9-8-14(3)7-6-10-20(5)17(22-20)12-19(15,4)11-16(18)21/h7,15,17H,6,8-12H2,1-5H3/b14-7-/t15?,17-,19+,20+/m1/s1. The topological polar surface area (TPSA) is 29.6 Å². The highest BCUT2D eigenvalue weighted by Gasteiger charge is 2.57. The van der Waals surface area contributed by atoms with Crippen molar-refractivity contribution in [3.63, 3.8) is 0 Å². The van der Waals surface area contributed by atoms with Crippen LogP contribution in [-0.4, -0.2) is 17.5 Å². The molecule has 1 aliphatic heterocycles. The van der Waals surface area contributed by atoms with Crippen molar-refractivity contribution in [3.8, 4) is 0 Å². The van der Waals surface area contributed by atoms with Gasteiger partial charge in [0.2, 0.25) is 0 Å². The van der Waals surface area contributed by atoms with Crippen molar-refractivity contribution in [2.45, 2.75) is 84.8 Å². The second-order valence-electron chi connectivity index (χ2n) is 8.47. The normalized spacial score (nSPS) is 44.5. The predicted octanol–water partition coefficient (Wildman–Crippen LogP) is 4.99. The van der Waals surface area contributed by atoms with Crippen LogP contribution in [0.25, 0.3) is 0 Å². The SMILES string of the molecule is CC(C)=C1C(=O)C[C@@]2(C)C[C@H]3O[C@@]3(C)CC/C=C(/C)CCC12. The Bertz CT molecular complexity index is 552. The van der Waals surface area contributed by atoms with E-state index in [2.05, 4.69) is 40.7 Å². The lowest BCUT2D eigenvalue weighted by molar-refractivity contribution is -0.115. The number of hydrogen-bond donors (Lipinski definition) is 0. The number of ether oxygens (including phenoxy) is 1. The minimum atomic E-state index is 0.0471. The molecule has 0 aromatic carbocycles. The van der Waals surface area contributed by atoms with Crippen molar-refractivity contribution in [1.82, 2.24) is 0 Å². The summed E-state index contributed by atoms with van der Waals surface area (Å²) in [4.78, 5) is 12.6. The molecule has 0 spiro atoms. The van der Waals surface area contributed by atoms with E-state index >= 15 is 0 Å². The molecule has 22 heavy (non-hydrogen) atoms. The number of allylic oxidation sites excluding steroid dienone is 4. The zero-order valence-electron chi connectivity index (χ0n) is 14.8. The summed E-state index contributed by atoms with van der Waals surface area (Å²) in [5.74, 6) is 0.786. The number of epoxide rings is 1. The first-order chi connectivity index (χ1) is 10.3. The lowest BCUT2D eigenvalue weighted by Gasteiger charge is -2.31. The molecule has 0 N–H and O–H groups in total. The van der Waals surface area contributed by atoms with Gasteiger partial charge in [-0.2, -0.15) is 0 Å². The zero-order valence-corrected chi connectivity index (χ0v) is 14.8. The third kappa shape index (κ3) is 2.71. The molecule has 2 aliphatic carbocycles. The molecule has 2 heteroatoms. The number of carbonyl (C=O) groups is 1. The van der Waals surface area contributed by atoms with E-state index in [0.29, 0.717) is 24.2 Å². The van der Waals surface area contributed by atoms with E-state index in [1.165, 1.54) is 11.1 Å². The van der Waals surface area contributed by atoms with Gasteiger partial charge in [0.25, 0.3) is 0 Å². The molecule has 1 saturated heterocycles. The summed E-state index contributed by atoms with van der Waals surface area (Å²) in [6, 6.07) is 0. The van der Waals surface area contributed by atoms with Gasteiger partial charge in [-0.3, -0.25) is 4.79 Å². The first-order valence-electron chi connectivity index (χ1n) is 8.79. The quantitative estimate of drug-likeness (QED) is 0.358. The Balaban J connectivity index is 1.95. The van der Waals surface area contributed by atoms with Crippen LogP contribution in [-0.2, 0) is 9.53 Å². The molecular formula is C20H30O2. The molecular weight excluding hydrogens is 272 g/mol. The van der Waals surface area contributed by atoms with Crippen molar-refractivity contribution < 1.29 is 9.53 Å². The number of fused-ring (bicyclic) bond motifs is 2. The number of carbonyl (C=O) groups excluding carboxylic acids is 1. The molecule has 0 bridgehead atoms. The minimum absolute atomic E-state index is 0.0471. The number of rotatable bonds is 0. The second kappa shape index (κ2) is 5.33. The van der Waals surface area contributed by atoms with E-state index in [1.807, 2.05) is 0 Å². The van der Waals surface area contributed by atoms with Gasteiger partial charge in [0.1, 0.15) is 0 Å². The molecule has 1 unspecified atom stereocenters. The lowest BCUT2D eigenvalue weighted by atomic mass is 9.71.